The lowest BCUT2D eigenvalue weighted by Gasteiger charge is -2.24. The van der Waals surface area contributed by atoms with Crippen molar-refractivity contribution in [3.05, 3.63) is 70.8 Å². The van der Waals surface area contributed by atoms with Crippen molar-refractivity contribution in [2.24, 2.45) is 0 Å². The van der Waals surface area contributed by atoms with Crippen LogP contribution in [0, 0.1) is 11.6 Å². The number of benzene rings is 2. The van der Waals surface area contributed by atoms with Crippen LogP contribution in [-0.2, 0) is 5.41 Å². The molecule has 0 saturated heterocycles. The van der Waals surface area contributed by atoms with Crippen LogP contribution in [0.5, 0.6) is 0 Å². The largest absolute Gasteiger partial charge is 0.383 e. The maximum absolute atomic E-state index is 13.7. The van der Waals surface area contributed by atoms with Gasteiger partial charge in [0.2, 0.25) is 0 Å². The van der Waals surface area contributed by atoms with Gasteiger partial charge < -0.3 is 5.11 Å². The molecular formula is C18H20F2O. The molecule has 0 aliphatic heterocycles. The second-order valence-electron chi connectivity index (χ2n) is 5.90. The lowest BCUT2D eigenvalue weighted by molar-refractivity contribution is 0.209. The minimum absolute atomic E-state index is 0.0345. The molecule has 1 atom stereocenters. The summed E-state index contributed by atoms with van der Waals surface area (Å²) in [4.78, 5) is 0. The van der Waals surface area contributed by atoms with E-state index >= 15 is 0 Å². The van der Waals surface area contributed by atoms with Gasteiger partial charge in [-0.15, -0.1) is 0 Å². The lowest BCUT2D eigenvalue weighted by Crippen LogP contribution is -2.15. The summed E-state index contributed by atoms with van der Waals surface area (Å²) < 4.78 is 27.4. The fraction of sp³-hybridized carbons (Fsp3) is 0.333. The first-order valence-corrected chi connectivity index (χ1v) is 7.09. The third-order valence-corrected chi connectivity index (χ3v) is 4.16. The molecule has 112 valence electrons. The van der Waals surface area contributed by atoms with E-state index in [1.54, 1.807) is 12.1 Å². The van der Waals surface area contributed by atoms with Gasteiger partial charge in [0, 0.05) is 0 Å². The maximum atomic E-state index is 13.7. The molecule has 0 bridgehead atoms. The minimum Gasteiger partial charge on any atom is -0.383 e. The number of aliphatic hydroxyl groups is 1. The van der Waals surface area contributed by atoms with E-state index in [-0.39, 0.29) is 11.0 Å². The van der Waals surface area contributed by atoms with E-state index in [2.05, 4.69) is 20.8 Å². The Morgan fingerprint density at radius 2 is 1.52 bits per heavy atom. The standard InChI is InChI=1S/C18H20F2O/c1-4-18(2,3)13-10-8-12(9-11-13)17(21)16-14(19)6-5-7-15(16)20/h5-11,17,21H,4H2,1-3H3. The quantitative estimate of drug-likeness (QED) is 0.862. The summed E-state index contributed by atoms with van der Waals surface area (Å²) >= 11 is 0. The van der Waals surface area contributed by atoms with Crippen molar-refractivity contribution in [3.63, 3.8) is 0 Å². The van der Waals surface area contributed by atoms with Gasteiger partial charge in [-0.2, -0.15) is 0 Å². The summed E-state index contributed by atoms with van der Waals surface area (Å²) in [5.41, 5.74) is 1.34. The van der Waals surface area contributed by atoms with Crippen LogP contribution in [0.25, 0.3) is 0 Å². The molecule has 1 N–H and O–H groups in total. The molecule has 0 fully saturated rings. The van der Waals surface area contributed by atoms with Gasteiger partial charge >= 0.3 is 0 Å². The van der Waals surface area contributed by atoms with Gasteiger partial charge in [-0.25, -0.2) is 8.78 Å². The second kappa shape index (κ2) is 5.94. The normalized spacial score (nSPS) is 13.2. The van der Waals surface area contributed by atoms with E-state index in [1.165, 1.54) is 6.07 Å². The molecule has 3 heteroatoms. The monoisotopic (exact) mass is 290 g/mol. The first-order chi connectivity index (χ1) is 9.86. The lowest BCUT2D eigenvalue weighted by atomic mass is 9.81. The van der Waals surface area contributed by atoms with Crippen LogP contribution in [0.15, 0.2) is 42.5 Å². The Kier molecular flexibility index (Phi) is 4.43. The molecule has 2 aromatic carbocycles. The van der Waals surface area contributed by atoms with Gasteiger partial charge in [-0.3, -0.25) is 0 Å². The summed E-state index contributed by atoms with van der Waals surface area (Å²) in [7, 11) is 0. The van der Waals surface area contributed by atoms with Crippen molar-refractivity contribution < 1.29 is 13.9 Å². The van der Waals surface area contributed by atoms with Crippen molar-refractivity contribution in [2.75, 3.05) is 0 Å². The average molecular weight is 290 g/mol. The molecule has 0 aromatic heterocycles. The van der Waals surface area contributed by atoms with Crippen molar-refractivity contribution >= 4 is 0 Å². The summed E-state index contributed by atoms with van der Waals surface area (Å²) in [5.74, 6) is -1.47. The molecule has 2 aromatic rings. The van der Waals surface area contributed by atoms with E-state index in [4.69, 9.17) is 0 Å². The van der Waals surface area contributed by atoms with Gasteiger partial charge in [0.05, 0.1) is 5.56 Å². The number of hydrogen-bond acceptors (Lipinski definition) is 1. The Morgan fingerprint density at radius 1 is 1.00 bits per heavy atom. The molecule has 1 nitrogen and oxygen atoms in total. The number of aliphatic hydroxyl groups excluding tert-OH is 1. The summed E-state index contributed by atoms with van der Waals surface area (Å²) in [6, 6.07) is 10.8. The first kappa shape index (κ1) is 15.6. The molecule has 2 rings (SSSR count). The molecule has 0 amide bonds. The zero-order valence-corrected chi connectivity index (χ0v) is 12.5. The zero-order chi connectivity index (χ0) is 15.6. The summed E-state index contributed by atoms with van der Waals surface area (Å²) in [6.45, 7) is 6.38. The predicted molar refractivity (Wildman–Crippen MR) is 80.2 cm³/mol. The van der Waals surface area contributed by atoms with Crippen molar-refractivity contribution in [3.8, 4) is 0 Å². The second-order valence-corrected chi connectivity index (χ2v) is 5.90. The van der Waals surface area contributed by atoms with Crippen LogP contribution < -0.4 is 0 Å². The maximum Gasteiger partial charge on any atom is 0.132 e. The Balaban J connectivity index is 2.35. The molecule has 0 saturated carbocycles. The molecule has 0 spiro atoms. The van der Waals surface area contributed by atoms with Crippen LogP contribution >= 0.6 is 0 Å². The molecule has 21 heavy (non-hydrogen) atoms. The molecule has 0 radical (unpaired) electrons. The zero-order valence-electron chi connectivity index (χ0n) is 12.5. The highest BCUT2D eigenvalue weighted by atomic mass is 19.1. The molecule has 0 heterocycles. The van der Waals surface area contributed by atoms with Gasteiger partial charge in [0.25, 0.3) is 0 Å². The smallest absolute Gasteiger partial charge is 0.132 e. The van der Waals surface area contributed by atoms with Crippen molar-refractivity contribution in [1.82, 2.24) is 0 Å². The highest BCUT2D eigenvalue weighted by Crippen LogP contribution is 2.30. The van der Waals surface area contributed by atoms with Crippen LogP contribution in [0.4, 0.5) is 8.78 Å². The predicted octanol–water partition coefficient (Wildman–Crippen LogP) is 4.73. The van der Waals surface area contributed by atoms with E-state index in [1.807, 2.05) is 12.1 Å². The molecular weight excluding hydrogens is 270 g/mol. The van der Waals surface area contributed by atoms with Gasteiger partial charge in [-0.1, -0.05) is 51.1 Å². The average Bonchev–Trinajstić information content (AvgIpc) is 2.47. The van der Waals surface area contributed by atoms with Crippen molar-refractivity contribution in [1.29, 1.82) is 0 Å². The molecule has 1 unspecified atom stereocenters. The highest BCUT2D eigenvalue weighted by Gasteiger charge is 2.21. The fourth-order valence-corrected chi connectivity index (χ4v) is 2.26. The highest BCUT2D eigenvalue weighted by molar-refractivity contribution is 5.35. The fourth-order valence-electron chi connectivity index (χ4n) is 2.26. The number of rotatable bonds is 4. The number of halogens is 2. The number of hydrogen-bond donors (Lipinski definition) is 1. The van der Waals surface area contributed by atoms with E-state index in [0.717, 1.165) is 24.1 Å². The first-order valence-electron chi connectivity index (χ1n) is 7.09. The summed E-state index contributed by atoms with van der Waals surface area (Å²) in [6.07, 6.45) is -0.318. The van der Waals surface area contributed by atoms with Crippen molar-refractivity contribution in [2.45, 2.75) is 38.7 Å². The SMILES string of the molecule is CCC(C)(C)c1ccc(C(O)c2c(F)cccc2F)cc1. The Hall–Kier alpha value is -1.74. The van der Waals surface area contributed by atoms with Gasteiger partial charge in [0.1, 0.15) is 17.7 Å². The van der Waals surface area contributed by atoms with Crippen LogP contribution in [0.3, 0.4) is 0 Å². The van der Waals surface area contributed by atoms with E-state index < -0.39 is 17.7 Å². The molecule has 0 aliphatic rings. The topological polar surface area (TPSA) is 20.2 Å². The third kappa shape index (κ3) is 3.13. The Bertz CT molecular complexity index is 597. The Morgan fingerprint density at radius 3 is 2.00 bits per heavy atom. The van der Waals surface area contributed by atoms with E-state index in [9.17, 15) is 13.9 Å². The van der Waals surface area contributed by atoms with Gasteiger partial charge in [-0.05, 0) is 35.1 Å². The Labute approximate surface area is 124 Å². The molecule has 0 aliphatic carbocycles. The van der Waals surface area contributed by atoms with Crippen LogP contribution in [0.2, 0.25) is 0 Å². The summed E-state index contributed by atoms with van der Waals surface area (Å²) in [5, 5.41) is 10.2. The van der Waals surface area contributed by atoms with Gasteiger partial charge in [0.15, 0.2) is 0 Å². The minimum atomic E-state index is -1.30. The third-order valence-electron chi connectivity index (χ3n) is 4.16. The van der Waals surface area contributed by atoms with Crippen LogP contribution in [0.1, 0.15) is 50.0 Å². The van der Waals surface area contributed by atoms with Crippen LogP contribution in [-0.4, -0.2) is 5.11 Å². The van der Waals surface area contributed by atoms with E-state index in [0.29, 0.717) is 5.56 Å².